The summed E-state index contributed by atoms with van der Waals surface area (Å²) in [6.07, 6.45) is 8.59. The molecule has 3 aliphatic heterocycles. The number of aryl methyl sites for hydroxylation is 2. The van der Waals surface area contributed by atoms with Crippen molar-refractivity contribution >= 4 is 28.1 Å². The molecule has 0 radical (unpaired) electrons. The highest BCUT2D eigenvalue weighted by atomic mass is 16.2. The minimum absolute atomic E-state index is 0.241. The molecule has 1 spiro atoms. The Bertz CT molecular complexity index is 2020. The third-order valence-corrected chi connectivity index (χ3v) is 10.1. The molecule has 5 aromatic rings. The van der Waals surface area contributed by atoms with Crippen molar-refractivity contribution in [1.82, 2.24) is 39.7 Å². The first-order valence-electron chi connectivity index (χ1n) is 16.4. The molecule has 0 saturated carbocycles. The minimum atomic E-state index is -0.331. The van der Waals surface area contributed by atoms with Gasteiger partial charge in [-0.25, -0.2) is 4.98 Å². The molecular formula is C37H39N9O. The average molecular weight is 626 g/mol. The van der Waals surface area contributed by atoms with Gasteiger partial charge in [0.2, 0.25) is 5.91 Å². The largest absolute Gasteiger partial charge is 0.370 e. The van der Waals surface area contributed by atoms with Crippen LogP contribution in [-0.2, 0) is 11.8 Å². The van der Waals surface area contributed by atoms with E-state index in [1.54, 1.807) is 11.0 Å². The third-order valence-electron chi connectivity index (χ3n) is 10.1. The number of anilines is 1. The van der Waals surface area contributed by atoms with E-state index >= 15 is 0 Å². The number of carbonyl (C=O) groups is 1. The monoisotopic (exact) mass is 625 g/mol. The van der Waals surface area contributed by atoms with Gasteiger partial charge in [-0.15, -0.1) is 0 Å². The summed E-state index contributed by atoms with van der Waals surface area (Å²) in [4.78, 5) is 29.5. The zero-order valence-corrected chi connectivity index (χ0v) is 27.0. The van der Waals surface area contributed by atoms with Gasteiger partial charge in [0, 0.05) is 79.6 Å². The van der Waals surface area contributed by atoms with Gasteiger partial charge in [0.15, 0.2) is 5.82 Å². The summed E-state index contributed by atoms with van der Waals surface area (Å²) in [5.41, 5.74) is 9.18. The summed E-state index contributed by atoms with van der Waals surface area (Å²) in [6, 6.07) is 18.7. The maximum Gasteiger partial charge on any atom is 0.234 e. The number of hydrogen-bond donors (Lipinski definition) is 1. The van der Waals surface area contributed by atoms with Crippen LogP contribution in [0.2, 0.25) is 0 Å². The predicted molar refractivity (Wildman–Crippen MR) is 184 cm³/mol. The summed E-state index contributed by atoms with van der Waals surface area (Å²) in [7, 11) is 1.88. The summed E-state index contributed by atoms with van der Waals surface area (Å²) in [5.74, 6) is 0.987. The molecule has 2 saturated heterocycles. The maximum atomic E-state index is 14.0. The van der Waals surface area contributed by atoms with E-state index in [2.05, 4.69) is 78.1 Å². The number of nitrogens with zero attached hydrogens (tertiary/aromatic N) is 8. The van der Waals surface area contributed by atoms with Crippen LogP contribution < -0.4 is 4.90 Å². The van der Waals surface area contributed by atoms with E-state index in [1.807, 2.05) is 49.3 Å². The number of amides is 1. The number of H-pyrrole nitrogens is 1. The highest BCUT2D eigenvalue weighted by Gasteiger charge is 2.51. The molecule has 0 aliphatic carbocycles. The number of fused-ring (bicyclic) bond motifs is 1. The van der Waals surface area contributed by atoms with Gasteiger partial charge in [-0.1, -0.05) is 36.9 Å². The van der Waals surface area contributed by atoms with Crippen LogP contribution in [0.25, 0.3) is 39.1 Å². The first-order valence-corrected chi connectivity index (χ1v) is 16.4. The Morgan fingerprint density at radius 1 is 0.979 bits per heavy atom. The van der Waals surface area contributed by atoms with E-state index in [0.717, 1.165) is 109 Å². The van der Waals surface area contributed by atoms with Crippen molar-refractivity contribution in [3.63, 3.8) is 0 Å². The summed E-state index contributed by atoms with van der Waals surface area (Å²) in [5, 5.41) is 13.2. The van der Waals surface area contributed by atoms with Gasteiger partial charge in [0.25, 0.3) is 0 Å². The molecule has 1 unspecified atom stereocenters. The lowest BCUT2D eigenvalue weighted by Gasteiger charge is -2.32. The Labute approximate surface area is 274 Å². The second kappa shape index (κ2) is 11.6. The standard InChI is InChI=1S/C37H39N9O/c1-25-20-30(10-15-38-25)34-32-21-31(8-9-33(32)40-41-34)46-19-14-37(36(46)47)13-18-44(23-37)22-26(2)45-16-11-28(12-17-45)27-4-6-29(7-5-27)35-39-24-43(3)42-35/h4-11,15,20-21,24H,2,12-14,16-19,22-23H2,1,3H3,(H,40,41). The average Bonchev–Trinajstić information content (AvgIpc) is 3.88. The van der Waals surface area contributed by atoms with Crippen molar-refractivity contribution in [2.45, 2.75) is 26.2 Å². The van der Waals surface area contributed by atoms with Crippen LogP contribution in [0.5, 0.6) is 0 Å². The Morgan fingerprint density at radius 2 is 1.81 bits per heavy atom. The fourth-order valence-electron chi connectivity index (χ4n) is 7.50. The summed E-state index contributed by atoms with van der Waals surface area (Å²) < 4.78 is 1.72. The first kappa shape index (κ1) is 29.3. The molecule has 6 heterocycles. The number of likely N-dealkylation sites (tertiary alicyclic amines) is 1. The van der Waals surface area contributed by atoms with E-state index in [9.17, 15) is 4.79 Å². The van der Waals surface area contributed by atoms with Crippen LogP contribution in [0.3, 0.4) is 0 Å². The van der Waals surface area contributed by atoms with Crippen molar-refractivity contribution in [3.05, 3.63) is 96.7 Å². The lowest BCUT2D eigenvalue weighted by Crippen LogP contribution is -2.38. The van der Waals surface area contributed by atoms with E-state index in [-0.39, 0.29) is 11.3 Å². The Hall–Kier alpha value is -5.09. The van der Waals surface area contributed by atoms with Crippen molar-refractivity contribution in [2.24, 2.45) is 12.5 Å². The summed E-state index contributed by atoms with van der Waals surface area (Å²) in [6.45, 7) is 11.5. The van der Waals surface area contributed by atoms with Crippen LogP contribution in [0.15, 0.2) is 85.5 Å². The molecule has 10 heteroatoms. The molecule has 0 bridgehead atoms. The smallest absolute Gasteiger partial charge is 0.234 e. The molecule has 1 N–H and O–H groups in total. The van der Waals surface area contributed by atoms with Crippen LogP contribution in [0.4, 0.5) is 5.69 Å². The topological polar surface area (TPSA) is 99.1 Å². The number of hydrogen-bond acceptors (Lipinski definition) is 7. The van der Waals surface area contributed by atoms with Gasteiger partial charge in [0.05, 0.1) is 10.9 Å². The fraction of sp³-hybridized carbons (Fsp3) is 0.324. The Balaban J connectivity index is 0.896. The zero-order chi connectivity index (χ0) is 32.1. The number of carbonyl (C=O) groups excluding carboxylic acids is 1. The van der Waals surface area contributed by atoms with E-state index < -0.39 is 0 Å². The number of aromatic amines is 1. The van der Waals surface area contributed by atoms with E-state index in [4.69, 9.17) is 0 Å². The molecule has 3 aromatic heterocycles. The van der Waals surface area contributed by atoms with Crippen molar-refractivity contribution in [3.8, 4) is 22.6 Å². The molecule has 2 aromatic carbocycles. The molecule has 2 fully saturated rings. The van der Waals surface area contributed by atoms with Crippen molar-refractivity contribution in [2.75, 3.05) is 44.2 Å². The second-order valence-electron chi connectivity index (χ2n) is 13.2. The molecule has 3 aliphatic rings. The summed E-state index contributed by atoms with van der Waals surface area (Å²) >= 11 is 0. The molecule has 1 atom stereocenters. The van der Waals surface area contributed by atoms with Crippen LogP contribution >= 0.6 is 0 Å². The molecule has 238 valence electrons. The minimum Gasteiger partial charge on any atom is -0.370 e. The molecule has 1 amide bonds. The number of aromatic nitrogens is 6. The molecule has 47 heavy (non-hydrogen) atoms. The number of rotatable bonds is 7. The third kappa shape index (κ3) is 5.42. The van der Waals surface area contributed by atoms with Gasteiger partial charge in [0.1, 0.15) is 12.0 Å². The SMILES string of the molecule is C=C(CN1CCC2(CCN(c3ccc4[nH]nc(-c5ccnc(C)c5)c4c3)C2=O)C1)N1CC=C(c2ccc(-c3ncn(C)n3)cc2)CC1. The molecule has 10 nitrogen and oxygen atoms in total. The zero-order valence-electron chi connectivity index (χ0n) is 27.0. The molecular weight excluding hydrogens is 586 g/mol. The first-order chi connectivity index (χ1) is 22.8. The van der Waals surface area contributed by atoms with Gasteiger partial charge >= 0.3 is 0 Å². The van der Waals surface area contributed by atoms with Gasteiger partial charge in [-0.2, -0.15) is 10.2 Å². The van der Waals surface area contributed by atoms with E-state index in [1.165, 1.54) is 11.1 Å². The van der Waals surface area contributed by atoms with Gasteiger partial charge in [-0.05, 0) is 74.2 Å². The van der Waals surface area contributed by atoms with Crippen LogP contribution in [0, 0.1) is 12.3 Å². The number of nitrogens with one attached hydrogen (secondary N) is 1. The van der Waals surface area contributed by atoms with Crippen LogP contribution in [0.1, 0.15) is 30.5 Å². The number of pyridine rings is 1. The Morgan fingerprint density at radius 3 is 2.57 bits per heavy atom. The van der Waals surface area contributed by atoms with Crippen molar-refractivity contribution < 1.29 is 4.79 Å². The predicted octanol–water partition coefficient (Wildman–Crippen LogP) is 5.46. The van der Waals surface area contributed by atoms with E-state index in [0.29, 0.717) is 0 Å². The van der Waals surface area contributed by atoms with Gasteiger partial charge < -0.3 is 9.80 Å². The maximum absolute atomic E-state index is 14.0. The highest BCUT2D eigenvalue weighted by Crippen LogP contribution is 2.43. The highest BCUT2D eigenvalue weighted by molar-refractivity contribution is 6.03. The lowest BCUT2D eigenvalue weighted by molar-refractivity contribution is -0.125. The van der Waals surface area contributed by atoms with Crippen LogP contribution in [-0.4, -0.2) is 84.9 Å². The van der Waals surface area contributed by atoms with Crippen molar-refractivity contribution in [1.29, 1.82) is 0 Å². The number of benzene rings is 2. The second-order valence-corrected chi connectivity index (χ2v) is 13.2. The lowest BCUT2D eigenvalue weighted by atomic mass is 9.85. The fourth-order valence-corrected chi connectivity index (χ4v) is 7.50. The van der Waals surface area contributed by atoms with Gasteiger partial charge in [-0.3, -0.25) is 24.5 Å². The quantitative estimate of drug-likeness (QED) is 0.257. The molecule has 8 rings (SSSR count). The normalized spacial score (nSPS) is 20.1. The Kier molecular flexibility index (Phi) is 7.24.